The molecule has 0 aliphatic rings. The van der Waals surface area contributed by atoms with Crippen molar-refractivity contribution in [2.45, 2.75) is 40.3 Å². The maximum atomic E-state index is 4.31. The Morgan fingerprint density at radius 2 is 1.89 bits per heavy atom. The van der Waals surface area contributed by atoms with Crippen molar-refractivity contribution in [2.75, 3.05) is 5.32 Å². The minimum Gasteiger partial charge on any atom is -0.378 e. The Morgan fingerprint density at radius 3 is 2.44 bits per heavy atom. The monoisotopic (exact) mass is 243 g/mol. The van der Waals surface area contributed by atoms with Gasteiger partial charge in [0.25, 0.3) is 0 Å². The molecule has 1 aromatic heterocycles. The van der Waals surface area contributed by atoms with Gasteiger partial charge in [0.05, 0.1) is 12.2 Å². The summed E-state index contributed by atoms with van der Waals surface area (Å²) in [5.41, 5.74) is 4.96. The molecule has 0 amide bonds. The van der Waals surface area contributed by atoms with Gasteiger partial charge in [-0.25, -0.2) is 0 Å². The van der Waals surface area contributed by atoms with Crippen LogP contribution in [-0.2, 0) is 6.54 Å². The fourth-order valence-electron chi connectivity index (χ4n) is 2.17. The Bertz CT molecular complexity index is 508. The van der Waals surface area contributed by atoms with Crippen LogP contribution in [0.5, 0.6) is 0 Å². The first-order valence-corrected chi connectivity index (χ1v) is 6.45. The summed E-state index contributed by atoms with van der Waals surface area (Å²) in [5.74, 6) is 0. The summed E-state index contributed by atoms with van der Waals surface area (Å²) in [6, 6.07) is 6.80. The summed E-state index contributed by atoms with van der Waals surface area (Å²) < 4.78 is 1.95. The average molecular weight is 243 g/mol. The lowest BCUT2D eigenvalue weighted by Crippen LogP contribution is -2.06. The molecular weight excluding hydrogens is 222 g/mol. The van der Waals surface area contributed by atoms with E-state index < -0.39 is 0 Å². The second-order valence-electron chi connectivity index (χ2n) is 4.87. The predicted molar refractivity (Wildman–Crippen MR) is 75.9 cm³/mol. The molecule has 1 N–H and O–H groups in total. The second-order valence-corrected chi connectivity index (χ2v) is 4.87. The highest BCUT2D eigenvalue weighted by atomic mass is 15.3. The van der Waals surface area contributed by atoms with Crippen molar-refractivity contribution in [3.63, 3.8) is 0 Å². The number of nitrogens with zero attached hydrogens (tertiary/aromatic N) is 2. The minimum atomic E-state index is 0.270. The van der Waals surface area contributed by atoms with Gasteiger partial charge in [0.2, 0.25) is 0 Å². The van der Waals surface area contributed by atoms with Crippen LogP contribution in [-0.4, -0.2) is 9.78 Å². The molecule has 2 rings (SSSR count). The molecule has 96 valence electrons. The quantitative estimate of drug-likeness (QED) is 0.887. The first-order valence-electron chi connectivity index (χ1n) is 6.45. The molecule has 3 heteroatoms. The third-order valence-corrected chi connectivity index (χ3v) is 3.08. The van der Waals surface area contributed by atoms with Crippen molar-refractivity contribution >= 4 is 5.69 Å². The average Bonchev–Trinajstić information content (AvgIpc) is 2.75. The molecular formula is C15H21N3. The fourth-order valence-corrected chi connectivity index (χ4v) is 2.17. The number of aryl methyl sites for hydroxylation is 3. The normalized spacial score (nSPS) is 12.4. The van der Waals surface area contributed by atoms with E-state index >= 15 is 0 Å². The number of rotatable bonds is 4. The molecule has 0 radical (unpaired) electrons. The van der Waals surface area contributed by atoms with Gasteiger partial charge in [-0.1, -0.05) is 6.07 Å². The van der Waals surface area contributed by atoms with Gasteiger partial charge < -0.3 is 5.32 Å². The van der Waals surface area contributed by atoms with Gasteiger partial charge in [-0.3, -0.25) is 4.68 Å². The first-order chi connectivity index (χ1) is 8.58. The van der Waals surface area contributed by atoms with Crippen molar-refractivity contribution in [1.29, 1.82) is 0 Å². The summed E-state index contributed by atoms with van der Waals surface area (Å²) in [6.45, 7) is 9.42. The van der Waals surface area contributed by atoms with Gasteiger partial charge >= 0.3 is 0 Å². The largest absolute Gasteiger partial charge is 0.378 e. The Kier molecular flexibility index (Phi) is 3.70. The number of aromatic nitrogens is 2. The summed E-state index contributed by atoms with van der Waals surface area (Å²) in [4.78, 5) is 0. The van der Waals surface area contributed by atoms with E-state index in [0.717, 1.165) is 6.54 Å². The molecule has 1 atom stereocenters. The Morgan fingerprint density at radius 1 is 1.22 bits per heavy atom. The highest BCUT2D eigenvalue weighted by Crippen LogP contribution is 2.20. The van der Waals surface area contributed by atoms with Gasteiger partial charge in [-0.05, 0) is 51.0 Å². The van der Waals surface area contributed by atoms with Crippen LogP contribution in [0.4, 0.5) is 5.69 Å². The standard InChI is InChI=1S/C15H21N3/c1-5-18-10-14(9-16-18)13(4)17-15-7-11(2)6-12(3)8-15/h6-10,13,17H,5H2,1-4H3. The summed E-state index contributed by atoms with van der Waals surface area (Å²) >= 11 is 0. The van der Waals surface area contributed by atoms with Crippen molar-refractivity contribution < 1.29 is 0 Å². The maximum Gasteiger partial charge on any atom is 0.0542 e. The molecule has 0 aliphatic heterocycles. The van der Waals surface area contributed by atoms with E-state index in [2.05, 4.69) is 62.5 Å². The smallest absolute Gasteiger partial charge is 0.0542 e. The molecule has 0 fully saturated rings. The predicted octanol–water partition coefficient (Wildman–Crippen LogP) is 3.69. The van der Waals surface area contributed by atoms with E-state index in [-0.39, 0.29) is 6.04 Å². The van der Waals surface area contributed by atoms with E-state index in [1.807, 2.05) is 10.9 Å². The number of anilines is 1. The van der Waals surface area contributed by atoms with Gasteiger partial charge in [-0.2, -0.15) is 5.10 Å². The third kappa shape index (κ3) is 2.92. The summed E-state index contributed by atoms with van der Waals surface area (Å²) in [5, 5.41) is 7.83. The fraction of sp³-hybridized carbons (Fsp3) is 0.400. The van der Waals surface area contributed by atoms with Crippen molar-refractivity contribution in [2.24, 2.45) is 0 Å². The first kappa shape index (κ1) is 12.7. The molecule has 1 unspecified atom stereocenters. The maximum absolute atomic E-state index is 4.31. The van der Waals surface area contributed by atoms with Gasteiger partial charge in [0, 0.05) is 24.0 Å². The van der Waals surface area contributed by atoms with Gasteiger partial charge in [0.1, 0.15) is 0 Å². The number of nitrogens with one attached hydrogen (secondary N) is 1. The highest BCUT2D eigenvalue weighted by molar-refractivity contribution is 5.49. The molecule has 3 nitrogen and oxygen atoms in total. The van der Waals surface area contributed by atoms with Crippen molar-refractivity contribution in [3.8, 4) is 0 Å². The van der Waals surface area contributed by atoms with E-state index in [1.54, 1.807) is 0 Å². The van der Waals surface area contributed by atoms with E-state index in [9.17, 15) is 0 Å². The zero-order chi connectivity index (χ0) is 13.1. The SMILES string of the molecule is CCn1cc(C(C)Nc2cc(C)cc(C)c2)cn1. The number of hydrogen-bond donors (Lipinski definition) is 1. The molecule has 2 aromatic rings. The van der Waals surface area contributed by atoms with E-state index in [0.29, 0.717) is 0 Å². The van der Waals surface area contributed by atoms with Crippen LogP contribution in [0.2, 0.25) is 0 Å². The number of benzene rings is 1. The lowest BCUT2D eigenvalue weighted by atomic mass is 10.1. The second kappa shape index (κ2) is 5.25. The van der Waals surface area contributed by atoms with Crippen LogP contribution in [0.15, 0.2) is 30.6 Å². The van der Waals surface area contributed by atoms with Crippen LogP contribution in [0.25, 0.3) is 0 Å². The lowest BCUT2D eigenvalue weighted by Gasteiger charge is -2.14. The van der Waals surface area contributed by atoms with Crippen molar-refractivity contribution in [3.05, 3.63) is 47.3 Å². The molecule has 0 spiro atoms. The van der Waals surface area contributed by atoms with Crippen molar-refractivity contribution in [1.82, 2.24) is 9.78 Å². The minimum absolute atomic E-state index is 0.270. The number of hydrogen-bond acceptors (Lipinski definition) is 2. The van der Waals surface area contributed by atoms with Crippen LogP contribution in [0.3, 0.4) is 0 Å². The van der Waals surface area contributed by atoms with Gasteiger partial charge in [-0.15, -0.1) is 0 Å². The molecule has 1 heterocycles. The van der Waals surface area contributed by atoms with Crippen LogP contribution >= 0.6 is 0 Å². The highest BCUT2D eigenvalue weighted by Gasteiger charge is 2.08. The zero-order valence-electron chi connectivity index (χ0n) is 11.6. The third-order valence-electron chi connectivity index (χ3n) is 3.08. The van der Waals surface area contributed by atoms with E-state index in [1.165, 1.54) is 22.4 Å². The molecule has 0 saturated carbocycles. The van der Waals surface area contributed by atoms with Crippen LogP contribution < -0.4 is 5.32 Å². The Balaban J connectivity index is 2.12. The molecule has 1 aromatic carbocycles. The lowest BCUT2D eigenvalue weighted by molar-refractivity contribution is 0.658. The van der Waals surface area contributed by atoms with Crippen LogP contribution in [0.1, 0.15) is 36.6 Å². The van der Waals surface area contributed by atoms with Gasteiger partial charge in [0.15, 0.2) is 0 Å². The van der Waals surface area contributed by atoms with Crippen LogP contribution in [0, 0.1) is 13.8 Å². The topological polar surface area (TPSA) is 29.9 Å². The van der Waals surface area contributed by atoms with E-state index in [4.69, 9.17) is 0 Å². The summed E-state index contributed by atoms with van der Waals surface area (Å²) in [7, 11) is 0. The molecule has 0 saturated heterocycles. The summed E-state index contributed by atoms with van der Waals surface area (Å²) in [6.07, 6.45) is 4.03. The molecule has 18 heavy (non-hydrogen) atoms. The Hall–Kier alpha value is -1.77. The zero-order valence-corrected chi connectivity index (χ0v) is 11.6. The Labute approximate surface area is 109 Å². The molecule has 0 bridgehead atoms. The molecule has 0 aliphatic carbocycles.